The zero-order valence-electron chi connectivity index (χ0n) is 16.8. The monoisotopic (exact) mass is 467 g/mol. The number of halogens is 1. The highest BCUT2D eigenvalue weighted by molar-refractivity contribution is 7.99. The first kappa shape index (κ1) is 21.4. The van der Waals surface area contributed by atoms with E-state index in [0.717, 1.165) is 32.4 Å². The fourth-order valence-electron chi connectivity index (χ4n) is 2.77. The second-order valence-electron chi connectivity index (χ2n) is 6.73. The van der Waals surface area contributed by atoms with Crippen LogP contribution in [0, 0.1) is 13.8 Å². The lowest BCUT2D eigenvalue weighted by Gasteiger charge is -2.06. The summed E-state index contributed by atoms with van der Waals surface area (Å²) >= 11 is 8.99. The van der Waals surface area contributed by atoms with Gasteiger partial charge in [-0.15, -0.1) is 21.5 Å². The summed E-state index contributed by atoms with van der Waals surface area (Å²) in [5.74, 6) is 0.0970. The van der Waals surface area contributed by atoms with Gasteiger partial charge in [-0.05, 0) is 55.8 Å². The summed E-state index contributed by atoms with van der Waals surface area (Å²) in [6.45, 7) is 3.87. The second kappa shape index (κ2) is 9.55. The smallest absolute Gasteiger partial charge is 0.234 e. The molecule has 0 radical (unpaired) electrons. The van der Waals surface area contributed by atoms with Crippen molar-refractivity contribution in [2.75, 3.05) is 11.1 Å². The third-order valence-corrected chi connectivity index (χ3v) is 6.94. The summed E-state index contributed by atoms with van der Waals surface area (Å²) in [7, 11) is 0. The SMILES string of the molecule is Cc1ccc(NC(=O)CSc2ccc(-c3sc(-c4cccnc4)nc3C)nn2)cc1Cl. The summed E-state index contributed by atoms with van der Waals surface area (Å²) in [5, 5.41) is 13.6. The molecule has 0 atom stereocenters. The molecule has 156 valence electrons. The third-order valence-electron chi connectivity index (χ3n) is 4.38. The molecule has 0 fully saturated rings. The van der Waals surface area contributed by atoms with E-state index in [4.69, 9.17) is 11.6 Å². The van der Waals surface area contributed by atoms with Gasteiger partial charge in [-0.25, -0.2) is 4.98 Å². The summed E-state index contributed by atoms with van der Waals surface area (Å²) in [5.41, 5.74) is 4.27. The molecule has 4 rings (SSSR count). The number of rotatable bonds is 6. The van der Waals surface area contributed by atoms with Crippen molar-refractivity contribution in [2.45, 2.75) is 18.9 Å². The van der Waals surface area contributed by atoms with Crippen LogP contribution in [0.4, 0.5) is 5.69 Å². The Morgan fingerprint density at radius 3 is 2.74 bits per heavy atom. The van der Waals surface area contributed by atoms with Gasteiger partial charge in [-0.3, -0.25) is 9.78 Å². The standard InChI is InChI=1S/C22H18ClN5OS2/c1-13-5-6-16(10-17(13)23)26-19(29)12-30-20-8-7-18(27-28-20)21-14(2)25-22(31-21)15-4-3-9-24-11-15/h3-11H,12H2,1-2H3,(H,26,29). The molecular weight excluding hydrogens is 450 g/mol. The lowest BCUT2D eigenvalue weighted by Crippen LogP contribution is -2.14. The van der Waals surface area contributed by atoms with E-state index in [1.807, 2.05) is 50.2 Å². The number of hydrogen-bond donors (Lipinski definition) is 1. The lowest BCUT2D eigenvalue weighted by molar-refractivity contribution is -0.113. The fourth-order valence-corrected chi connectivity index (χ4v) is 4.59. The molecule has 3 aromatic heterocycles. The molecule has 1 amide bonds. The van der Waals surface area contributed by atoms with Crippen LogP contribution in [0.1, 0.15) is 11.3 Å². The average Bonchev–Trinajstić information content (AvgIpc) is 3.17. The number of aryl methyl sites for hydroxylation is 2. The van der Waals surface area contributed by atoms with Crippen LogP contribution in [-0.2, 0) is 4.79 Å². The molecule has 0 saturated heterocycles. The summed E-state index contributed by atoms with van der Waals surface area (Å²) < 4.78 is 0. The van der Waals surface area contributed by atoms with E-state index >= 15 is 0 Å². The molecule has 1 N–H and O–H groups in total. The van der Waals surface area contributed by atoms with Crippen LogP contribution in [-0.4, -0.2) is 31.8 Å². The lowest BCUT2D eigenvalue weighted by atomic mass is 10.2. The highest BCUT2D eigenvalue weighted by Gasteiger charge is 2.13. The maximum atomic E-state index is 12.2. The molecule has 3 heterocycles. The zero-order chi connectivity index (χ0) is 21.8. The van der Waals surface area contributed by atoms with Gasteiger partial charge >= 0.3 is 0 Å². The van der Waals surface area contributed by atoms with Crippen LogP contribution in [0.2, 0.25) is 5.02 Å². The van der Waals surface area contributed by atoms with E-state index in [9.17, 15) is 4.79 Å². The first-order chi connectivity index (χ1) is 15.0. The molecule has 0 unspecified atom stereocenters. The van der Waals surface area contributed by atoms with Gasteiger partial charge < -0.3 is 5.32 Å². The number of thiazole rings is 1. The second-order valence-corrected chi connectivity index (χ2v) is 9.13. The molecule has 6 nitrogen and oxygen atoms in total. The van der Waals surface area contributed by atoms with Gasteiger partial charge in [0.1, 0.15) is 15.7 Å². The first-order valence-electron chi connectivity index (χ1n) is 9.40. The number of carbonyl (C=O) groups is 1. The molecule has 31 heavy (non-hydrogen) atoms. The molecule has 0 bridgehead atoms. The van der Waals surface area contributed by atoms with Crippen molar-refractivity contribution >= 4 is 46.3 Å². The van der Waals surface area contributed by atoms with Crippen LogP contribution >= 0.6 is 34.7 Å². The quantitative estimate of drug-likeness (QED) is 0.368. The van der Waals surface area contributed by atoms with E-state index < -0.39 is 0 Å². The van der Waals surface area contributed by atoms with Crippen molar-refractivity contribution in [3.8, 4) is 21.1 Å². The zero-order valence-corrected chi connectivity index (χ0v) is 19.2. The van der Waals surface area contributed by atoms with Gasteiger partial charge in [-0.2, -0.15) is 0 Å². The minimum absolute atomic E-state index is 0.129. The van der Waals surface area contributed by atoms with Crippen molar-refractivity contribution in [3.63, 3.8) is 0 Å². The van der Waals surface area contributed by atoms with Gasteiger partial charge in [-0.1, -0.05) is 29.4 Å². The Kier molecular flexibility index (Phi) is 6.60. The highest BCUT2D eigenvalue weighted by Crippen LogP contribution is 2.34. The Morgan fingerprint density at radius 2 is 2.03 bits per heavy atom. The predicted octanol–water partition coefficient (Wildman–Crippen LogP) is 5.66. The normalized spacial score (nSPS) is 10.8. The molecule has 4 aromatic rings. The minimum atomic E-state index is -0.129. The number of carbonyl (C=O) groups excluding carboxylic acids is 1. The highest BCUT2D eigenvalue weighted by atomic mass is 35.5. The van der Waals surface area contributed by atoms with Gasteiger partial charge in [0.15, 0.2) is 0 Å². The third kappa shape index (κ3) is 5.28. The Bertz CT molecular complexity index is 1210. The van der Waals surface area contributed by atoms with Crippen LogP contribution in [0.25, 0.3) is 21.1 Å². The molecule has 9 heteroatoms. The van der Waals surface area contributed by atoms with Crippen molar-refractivity contribution in [1.82, 2.24) is 20.2 Å². The fraction of sp³-hybridized carbons (Fsp3) is 0.136. The number of pyridine rings is 1. The summed E-state index contributed by atoms with van der Waals surface area (Å²) in [6, 6.07) is 13.1. The number of amides is 1. The van der Waals surface area contributed by atoms with Crippen LogP contribution < -0.4 is 5.32 Å². The largest absolute Gasteiger partial charge is 0.325 e. The molecule has 1 aromatic carbocycles. The maximum absolute atomic E-state index is 12.2. The number of aromatic nitrogens is 4. The molecule has 0 aliphatic carbocycles. The topological polar surface area (TPSA) is 80.7 Å². The van der Waals surface area contributed by atoms with Crippen molar-refractivity contribution < 1.29 is 4.79 Å². The molecule has 0 aliphatic heterocycles. The Labute approximate surface area is 193 Å². The molecule has 0 aliphatic rings. The van der Waals surface area contributed by atoms with Crippen LogP contribution in [0.15, 0.2) is 59.9 Å². The average molecular weight is 468 g/mol. The molecule has 0 spiro atoms. The van der Waals surface area contributed by atoms with Gasteiger partial charge in [0, 0.05) is 28.7 Å². The maximum Gasteiger partial charge on any atom is 0.234 e. The molecule has 0 saturated carbocycles. The van der Waals surface area contributed by atoms with Crippen molar-refractivity contribution in [3.05, 3.63) is 71.1 Å². The number of nitrogens with one attached hydrogen (secondary N) is 1. The van der Waals surface area contributed by atoms with Crippen LogP contribution in [0.3, 0.4) is 0 Å². The predicted molar refractivity (Wildman–Crippen MR) is 127 cm³/mol. The van der Waals surface area contributed by atoms with Gasteiger partial charge in [0.05, 0.1) is 16.3 Å². The van der Waals surface area contributed by atoms with E-state index in [1.54, 1.807) is 29.8 Å². The summed E-state index contributed by atoms with van der Waals surface area (Å²) in [4.78, 5) is 22.0. The van der Waals surface area contributed by atoms with Gasteiger partial charge in [0.2, 0.25) is 5.91 Å². The Morgan fingerprint density at radius 1 is 1.16 bits per heavy atom. The van der Waals surface area contributed by atoms with E-state index in [1.165, 1.54) is 11.8 Å². The minimum Gasteiger partial charge on any atom is -0.325 e. The van der Waals surface area contributed by atoms with Crippen molar-refractivity contribution in [1.29, 1.82) is 0 Å². The van der Waals surface area contributed by atoms with Gasteiger partial charge in [0.25, 0.3) is 0 Å². The van der Waals surface area contributed by atoms with Crippen molar-refractivity contribution in [2.24, 2.45) is 0 Å². The number of thioether (sulfide) groups is 1. The number of nitrogens with zero attached hydrogens (tertiary/aromatic N) is 4. The van der Waals surface area contributed by atoms with E-state index in [-0.39, 0.29) is 11.7 Å². The number of anilines is 1. The van der Waals surface area contributed by atoms with E-state index in [0.29, 0.717) is 15.7 Å². The van der Waals surface area contributed by atoms with E-state index in [2.05, 4.69) is 25.5 Å². The van der Waals surface area contributed by atoms with Crippen LogP contribution in [0.5, 0.6) is 0 Å². The summed E-state index contributed by atoms with van der Waals surface area (Å²) in [6.07, 6.45) is 3.53. The number of hydrogen-bond acceptors (Lipinski definition) is 7. The first-order valence-corrected chi connectivity index (χ1v) is 11.6. The Balaban J connectivity index is 1.39. The Hall–Kier alpha value is -2.81. The molecular formula is C22H18ClN5OS2. The number of benzene rings is 1.